The molecule has 0 fully saturated rings. The van der Waals surface area contributed by atoms with Gasteiger partial charge in [0.05, 0.1) is 0 Å². The van der Waals surface area contributed by atoms with Crippen molar-refractivity contribution in [2.75, 3.05) is 13.6 Å². The van der Waals surface area contributed by atoms with E-state index in [0.717, 1.165) is 6.54 Å². The molecule has 0 atom stereocenters. The van der Waals surface area contributed by atoms with E-state index in [4.69, 9.17) is 5.73 Å². The highest BCUT2D eigenvalue weighted by atomic mass is 15.1. The Bertz CT molecular complexity index is 349. The standard InChI is InChI=1S/C18H32N2/c1-3-4-5-6-7-8-11-14-20(2)16-18-13-10-9-12-17(18)15-19/h9-10,12-13H,3-8,11,14-16,19H2,1-2H3. The van der Waals surface area contributed by atoms with Gasteiger partial charge in [0.15, 0.2) is 0 Å². The minimum absolute atomic E-state index is 0.640. The van der Waals surface area contributed by atoms with Crippen LogP contribution >= 0.6 is 0 Å². The van der Waals surface area contributed by atoms with E-state index < -0.39 is 0 Å². The van der Waals surface area contributed by atoms with Gasteiger partial charge in [-0.15, -0.1) is 0 Å². The van der Waals surface area contributed by atoms with Gasteiger partial charge >= 0.3 is 0 Å². The Labute approximate surface area is 125 Å². The maximum absolute atomic E-state index is 5.79. The molecule has 0 unspecified atom stereocenters. The van der Waals surface area contributed by atoms with E-state index >= 15 is 0 Å². The lowest BCUT2D eigenvalue weighted by Gasteiger charge is -2.18. The van der Waals surface area contributed by atoms with Gasteiger partial charge in [-0.3, -0.25) is 0 Å². The third kappa shape index (κ3) is 7.06. The van der Waals surface area contributed by atoms with Crippen LogP contribution in [0.5, 0.6) is 0 Å². The summed E-state index contributed by atoms with van der Waals surface area (Å²) >= 11 is 0. The Morgan fingerprint density at radius 2 is 1.50 bits per heavy atom. The first-order valence-electron chi connectivity index (χ1n) is 8.23. The third-order valence-electron chi connectivity index (χ3n) is 3.92. The molecule has 0 radical (unpaired) electrons. The van der Waals surface area contributed by atoms with Crippen LogP contribution in [0.3, 0.4) is 0 Å². The molecule has 0 saturated heterocycles. The monoisotopic (exact) mass is 276 g/mol. The van der Waals surface area contributed by atoms with Gasteiger partial charge in [-0.2, -0.15) is 0 Å². The maximum Gasteiger partial charge on any atom is 0.0233 e. The van der Waals surface area contributed by atoms with E-state index in [-0.39, 0.29) is 0 Å². The maximum atomic E-state index is 5.79. The molecule has 2 heteroatoms. The summed E-state index contributed by atoms with van der Waals surface area (Å²) in [6.07, 6.45) is 9.63. The van der Waals surface area contributed by atoms with Crippen molar-refractivity contribution >= 4 is 0 Å². The summed E-state index contributed by atoms with van der Waals surface area (Å²) in [4.78, 5) is 2.42. The van der Waals surface area contributed by atoms with Crippen molar-refractivity contribution in [3.63, 3.8) is 0 Å². The van der Waals surface area contributed by atoms with Crippen LogP contribution in [0, 0.1) is 0 Å². The van der Waals surface area contributed by atoms with E-state index in [2.05, 4.69) is 43.1 Å². The fourth-order valence-corrected chi connectivity index (χ4v) is 2.62. The summed E-state index contributed by atoms with van der Waals surface area (Å²) in [5, 5.41) is 0. The van der Waals surface area contributed by atoms with Gasteiger partial charge < -0.3 is 10.6 Å². The highest BCUT2D eigenvalue weighted by Crippen LogP contribution is 2.12. The largest absolute Gasteiger partial charge is 0.326 e. The second-order valence-electron chi connectivity index (χ2n) is 5.83. The third-order valence-corrected chi connectivity index (χ3v) is 3.92. The minimum atomic E-state index is 0.640. The molecule has 1 aromatic rings. The molecule has 2 nitrogen and oxygen atoms in total. The zero-order valence-corrected chi connectivity index (χ0v) is 13.4. The molecule has 0 spiro atoms. The molecule has 0 aliphatic rings. The van der Waals surface area contributed by atoms with Crippen molar-refractivity contribution in [2.45, 2.75) is 65.0 Å². The van der Waals surface area contributed by atoms with Crippen molar-refractivity contribution in [3.8, 4) is 0 Å². The minimum Gasteiger partial charge on any atom is -0.326 e. The number of nitrogens with zero attached hydrogens (tertiary/aromatic N) is 1. The number of hydrogen-bond acceptors (Lipinski definition) is 2. The van der Waals surface area contributed by atoms with Gasteiger partial charge in [0, 0.05) is 13.1 Å². The molecule has 0 aliphatic carbocycles. The van der Waals surface area contributed by atoms with Crippen LogP contribution in [0.1, 0.15) is 63.0 Å². The quantitative estimate of drug-likeness (QED) is 0.610. The fourth-order valence-electron chi connectivity index (χ4n) is 2.62. The Morgan fingerprint density at radius 1 is 0.900 bits per heavy atom. The molecule has 20 heavy (non-hydrogen) atoms. The lowest BCUT2D eigenvalue weighted by molar-refractivity contribution is 0.315. The summed E-state index contributed by atoms with van der Waals surface area (Å²) in [6, 6.07) is 8.51. The molecule has 0 aromatic heterocycles. The highest BCUT2D eigenvalue weighted by Gasteiger charge is 2.04. The van der Waals surface area contributed by atoms with Crippen LogP contribution in [0.25, 0.3) is 0 Å². The number of benzene rings is 1. The summed E-state index contributed by atoms with van der Waals surface area (Å²) in [6.45, 7) is 5.12. The van der Waals surface area contributed by atoms with Crippen LogP contribution < -0.4 is 5.73 Å². The first-order chi connectivity index (χ1) is 9.77. The Hall–Kier alpha value is -0.860. The fraction of sp³-hybridized carbons (Fsp3) is 0.667. The zero-order valence-electron chi connectivity index (χ0n) is 13.4. The van der Waals surface area contributed by atoms with Crippen molar-refractivity contribution < 1.29 is 0 Å². The second-order valence-corrected chi connectivity index (χ2v) is 5.83. The first-order valence-corrected chi connectivity index (χ1v) is 8.23. The molecule has 0 aliphatic heterocycles. The number of rotatable bonds is 11. The average molecular weight is 276 g/mol. The summed E-state index contributed by atoms with van der Waals surface area (Å²) < 4.78 is 0. The van der Waals surface area contributed by atoms with Gasteiger partial charge in [0.2, 0.25) is 0 Å². The topological polar surface area (TPSA) is 29.3 Å². The SMILES string of the molecule is CCCCCCCCCN(C)Cc1ccccc1CN. The van der Waals surface area contributed by atoms with Gasteiger partial charge in [-0.1, -0.05) is 69.7 Å². The van der Waals surface area contributed by atoms with Crippen LogP contribution in [-0.2, 0) is 13.1 Å². The van der Waals surface area contributed by atoms with E-state index in [1.165, 1.54) is 62.6 Å². The van der Waals surface area contributed by atoms with Crippen molar-refractivity contribution in [3.05, 3.63) is 35.4 Å². The predicted molar refractivity (Wildman–Crippen MR) is 88.7 cm³/mol. The number of hydrogen-bond donors (Lipinski definition) is 1. The normalized spacial score (nSPS) is 11.2. The van der Waals surface area contributed by atoms with Gasteiger partial charge in [0.25, 0.3) is 0 Å². The van der Waals surface area contributed by atoms with Crippen molar-refractivity contribution in [1.82, 2.24) is 4.90 Å². The lowest BCUT2D eigenvalue weighted by atomic mass is 10.1. The van der Waals surface area contributed by atoms with Gasteiger partial charge in [0.1, 0.15) is 0 Å². The van der Waals surface area contributed by atoms with Crippen LogP contribution in [0.15, 0.2) is 24.3 Å². The lowest BCUT2D eigenvalue weighted by Crippen LogP contribution is -2.20. The average Bonchev–Trinajstić information content (AvgIpc) is 2.47. The molecular formula is C18H32N2. The van der Waals surface area contributed by atoms with E-state index in [1.807, 2.05) is 0 Å². The van der Waals surface area contributed by atoms with E-state index in [0.29, 0.717) is 6.54 Å². The number of nitrogens with two attached hydrogens (primary N) is 1. The van der Waals surface area contributed by atoms with Gasteiger partial charge in [-0.25, -0.2) is 0 Å². The molecular weight excluding hydrogens is 244 g/mol. The summed E-state index contributed by atoms with van der Waals surface area (Å²) in [5.74, 6) is 0. The van der Waals surface area contributed by atoms with Crippen LogP contribution in [0.2, 0.25) is 0 Å². The molecule has 2 N–H and O–H groups in total. The molecule has 1 aromatic carbocycles. The molecule has 0 saturated carbocycles. The van der Waals surface area contributed by atoms with E-state index in [9.17, 15) is 0 Å². The molecule has 1 rings (SSSR count). The zero-order chi connectivity index (χ0) is 14.6. The Kier molecular flexibility index (Phi) is 9.35. The summed E-state index contributed by atoms with van der Waals surface area (Å²) in [5.41, 5.74) is 8.44. The molecule has 0 amide bonds. The predicted octanol–water partition coefficient (Wildman–Crippen LogP) is 4.33. The second kappa shape index (κ2) is 10.9. The Morgan fingerprint density at radius 3 is 2.15 bits per heavy atom. The highest BCUT2D eigenvalue weighted by molar-refractivity contribution is 5.26. The first kappa shape index (κ1) is 17.2. The van der Waals surface area contributed by atoms with Crippen LogP contribution in [0.4, 0.5) is 0 Å². The molecule has 0 heterocycles. The molecule has 114 valence electrons. The van der Waals surface area contributed by atoms with Crippen molar-refractivity contribution in [2.24, 2.45) is 5.73 Å². The van der Waals surface area contributed by atoms with E-state index in [1.54, 1.807) is 0 Å². The smallest absolute Gasteiger partial charge is 0.0233 e. The summed E-state index contributed by atoms with van der Waals surface area (Å²) in [7, 11) is 2.21. The van der Waals surface area contributed by atoms with Crippen LogP contribution in [-0.4, -0.2) is 18.5 Å². The van der Waals surface area contributed by atoms with Crippen molar-refractivity contribution in [1.29, 1.82) is 0 Å². The Balaban J connectivity index is 2.15. The number of unbranched alkanes of at least 4 members (excludes halogenated alkanes) is 6. The molecule has 0 bridgehead atoms. The van der Waals surface area contributed by atoms with Gasteiger partial charge in [-0.05, 0) is 31.1 Å².